The molecule has 0 bridgehead atoms. The van der Waals surface area contributed by atoms with E-state index in [1.54, 1.807) is 0 Å². The van der Waals surface area contributed by atoms with Gasteiger partial charge in [0.15, 0.2) is 0 Å². The van der Waals surface area contributed by atoms with E-state index in [4.69, 9.17) is 0 Å². The average Bonchev–Trinajstić information content (AvgIpc) is 2.26. The molecule has 1 rings (SSSR count). The van der Waals surface area contributed by atoms with Crippen LogP contribution < -0.4 is 10.2 Å². The topological polar surface area (TPSA) is 28.2 Å². The monoisotopic (exact) mass is 221 g/mol. The number of pyridine rings is 1. The van der Waals surface area contributed by atoms with E-state index in [0.717, 1.165) is 11.4 Å². The largest absolute Gasteiger partial charge is 0.387 e. The summed E-state index contributed by atoms with van der Waals surface area (Å²) in [6, 6.07) is 2.58. The van der Waals surface area contributed by atoms with Crippen LogP contribution in [0, 0.1) is 5.41 Å². The normalized spacial score (nSPS) is 13.4. The SMILES string of the molecule is CNc1cncc(N(C)C(C)C(C)(C)C)c1. The van der Waals surface area contributed by atoms with E-state index in [0.29, 0.717) is 6.04 Å². The van der Waals surface area contributed by atoms with Gasteiger partial charge in [0.05, 0.1) is 23.8 Å². The molecule has 0 aliphatic rings. The summed E-state index contributed by atoms with van der Waals surface area (Å²) in [4.78, 5) is 6.51. The van der Waals surface area contributed by atoms with Crippen LogP contribution in [0.1, 0.15) is 27.7 Å². The number of nitrogens with zero attached hydrogens (tertiary/aromatic N) is 2. The van der Waals surface area contributed by atoms with Crippen LogP contribution in [0.3, 0.4) is 0 Å². The fourth-order valence-corrected chi connectivity index (χ4v) is 1.56. The summed E-state index contributed by atoms with van der Waals surface area (Å²) < 4.78 is 0. The Morgan fingerprint density at radius 2 is 1.94 bits per heavy atom. The second kappa shape index (κ2) is 4.73. The summed E-state index contributed by atoms with van der Waals surface area (Å²) in [5.41, 5.74) is 2.45. The predicted octanol–water partition coefficient (Wildman–Crippen LogP) is 2.99. The van der Waals surface area contributed by atoms with Crippen molar-refractivity contribution in [2.45, 2.75) is 33.7 Å². The van der Waals surface area contributed by atoms with Crippen LogP contribution in [0.4, 0.5) is 11.4 Å². The van der Waals surface area contributed by atoms with Gasteiger partial charge in [-0.2, -0.15) is 0 Å². The van der Waals surface area contributed by atoms with Gasteiger partial charge in [-0.3, -0.25) is 4.98 Å². The molecular weight excluding hydrogens is 198 g/mol. The molecule has 1 heterocycles. The van der Waals surface area contributed by atoms with Crippen molar-refractivity contribution in [2.75, 3.05) is 24.3 Å². The van der Waals surface area contributed by atoms with Crippen molar-refractivity contribution >= 4 is 11.4 Å². The van der Waals surface area contributed by atoms with Gasteiger partial charge in [0.2, 0.25) is 0 Å². The van der Waals surface area contributed by atoms with Gasteiger partial charge in [-0.25, -0.2) is 0 Å². The molecule has 0 amide bonds. The maximum absolute atomic E-state index is 4.24. The molecule has 0 aliphatic heterocycles. The Labute approximate surface area is 98.9 Å². The molecule has 90 valence electrons. The van der Waals surface area contributed by atoms with Gasteiger partial charge in [-0.05, 0) is 18.4 Å². The first-order valence-electron chi connectivity index (χ1n) is 5.72. The van der Waals surface area contributed by atoms with E-state index in [-0.39, 0.29) is 5.41 Å². The third kappa shape index (κ3) is 2.87. The van der Waals surface area contributed by atoms with Crippen LogP contribution in [-0.2, 0) is 0 Å². The molecule has 3 nitrogen and oxygen atoms in total. The van der Waals surface area contributed by atoms with E-state index in [1.165, 1.54) is 0 Å². The highest BCUT2D eigenvalue weighted by Crippen LogP contribution is 2.27. The Kier molecular flexibility index (Phi) is 3.79. The Hall–Kier alpha value is -1.25. The Morgan fingerprint density at radius 1 is 1.31 bits per heavy atom. The molecule has 1 aromatic rings. The highest BCUT2D eigenvalue weighted by atomic mass is 15.1. The lowest BCUT2D eigenvalue weighted by molar-refractivity contribution is 0.329. The van der Waals surface area contributed by atoms with Gasteiger partial charge < -0.3 is 10.2 Å². The first-order valence-corrected chi connectivity index (χ1v) is 5.72. The lowest BCUT2D eigenvalue weighted by atomic mass is 9.87. The van der Waals surface area contributed by atoms with Crippen molar-refractivity contribution in [1.29, 1.82) is 0 Å². The number of aromatic nitrogens is 1. The van der Waals surface area contributed by atoms with E-state index in [9.17, 15) is 0 Å². The second-order valence-corrected chi connectivity index (χ2v) is 5.33. The lowest BCUT2D eigenvalue weighted by Crippen LogP contribution is -2.39. The molecule has 1 atom stereocenters. The summed E-state index contributed by atoms with van der Waals surface area (Å²) >= 11 is 0. The van der Waals surface area contributed by atoms with E-state index in [1.807, 2.05) is 19.4 Å². The minimum atomic E-state index is 0.254. The van der Waals surface area contributed by atoms with E-state index < -0.39 is 0 Å². The number of anilines is 2. The lowest BCUT2D eigenvalue weighted by Gasteiger charge is -2.36. The number of rotatable bonds is 3. The first kappa shape index (κ1) is 12.8. The van der Waals surface area contributed by atoms with Gasteiger partial charge >= 0.3 is 0 Å². The van der Waals surface area contributed by atoms with Crippen molar-refractivity contribution in [3.63, 3.8) is 0 Å². The second-order valence-electron chi connectivity index (χ2n) is 5.33. The van der Waals surface area contributed by atoms with Gasteiger partial charge in [-0.1, -0.05) is 20.8 Å². The molecule has 16 heavy (non-hydrogen) atoms. The summed E-state index contributed by atoms with van der Waals surface area (Å²) in [5.74, 6) is 0. The summed E-state index contributed by atoms with van der Waals surface area (Å²) in [6.45, 7) is 9.00. The summed E-state index contributed by atoms with van der Waals surface area (Å²) in [5, 5.41) is 3.11. The maximum Gasteiger partial charge on any atom is 0.0573 e. The van der Waals surface area contributed by atoms with E-state index >= 15 is 0 Å². The molecule has 0 fully saturated rings. The third-order valence-corrected chi connectivity index (χ3v) is 3.25. The minimum Gasteiger partial charge on any atom is -0.387 e. The summed E-state index contributed by atoms with van der Waals surface area (Å²) in [6.07, 6.45) is 3.74. The zero-order valence-corrected chi connectivity index (χ0v) is 11.2. The first-order chi connectivity index (χ1) is 7.36. The molecule has 1 N–H and O–H groups in total. The molecule has 1 unspecified atom stereocenters. The molecule has 0 aliphatic carbocycles. The molecular formula is C13H23N3. The molecule has 0 spiro atoms. The van der Waals surface area contributed by atoms with Crippen molar-refractivity contribution in [3.8, 4) is 0 Å². The fraction of sp³-hybridized carbons (Fsp3) is 0.615. The molecule has 0 saturated carbocycles. The molecule has 0 radical (unpaired) electrons. The van der Waals surface area contributed by atoms with Crippen molar-refractivity contribution < 1.29 is 0 Å². The van der Waals surface area contributed by atoms with Crippen LogP contribution in [0.2, 0.25) is 0 Å². The number of hydrogen-bond acceptors (Lipinski definition) is 3. The van der Waals surface area contributed by atoms with Gasteiger partial charge in [-0.15, -0.1) is 0 Å². The fourth-order valence-electron chi connectivity index (χ4n) is 1.56. The Balaban J connectivity index is 2.91. The van der Waals surface area contributed by atoms with Crippen LogP contribution in [0.25, 0.3) is 0 Å². The smallest absolute Gasteiger partial charge is 0.0573 e. The van der Waals surface area contributed by atoms with Gasteiger partial charge in [0.25, 0.3) is 0 Å². The summed E-state index contributed by atoms with van der Waals surface area (Å²) in [7, 11) is 4.03. The molecule has 0 saturated heterocycles. The van der Waals surface area contributed by atoms with Crippen molar-refractivity contribution in [2.24, 2.45) is 5.41 Å². The minimum absolute atomic E-state index is 0.254. The molecule has 1 aromatic heterocycles. The van der Waals surface area contributed by atoms with Crippen molar-refractivity contribution in [3.05, 3.63) is 18.5 Å². The van der Waals surface area contributed by atoms with Crippen LogP contribution in [-0.4, -0.2) is 25.1 Å². The third-order valence-electron chi connectivity index (χ3n) is 3.25. The highest BCUT2D eigenvalue weighted by molar-refractivity contribution is 5.55. The Bertz CT molecular complexity index is 341. The van der Waals surface area contributed by atoms with Crippen LogP contribution >= 0.6 is 0 Å². The van der Waals surface area contributed by atoms with Gasteiger partial charge in [0.1, 0.15) is 0 Å². The number of nitrogens with one attached hydrogen (secondary N) is 1. The molecule has 0 aromatic carbocycles. The Morgan fingerprint density at radius 3 is 2.44 bits per heavy atom. The molecule has 3 heteroatoms. The maximum atomic E-state index is 4.24. The quantitative estimate of drug-likeness (QED) is 0.850. The zero-order valence-electron chi connectivity index (χ0n) is 11.2. The van der Waals surface area contributed by atoms with Gasteiger partial charge in [0, 0.05) is 20.1 Å². The zero-order chi connectivity index (χ0) is 12.3. The van der Waals surface area contributed by atoms with E-state index in [2.05, 4.69) is 56.0 Å². The predicted molar refractivity (Wildman–Crippen MR) is 71.1 cm³/mol. The van der Waals surface area contributed by atoms with Crippen LogP contribution in [0.5, 0.6) is 0 Å². The number of hydrogen-bond donors (Lipinski definition) is 1. The standard InChI is InChI=1S/C13H23N3/c1-10(13(2,3)4)16(6)12-7-11(14-5)8-15-9-12/h7-10,14H,1-6H3. The van der Waals surface area contributed by atoms with Crippen molar-refractivity contribution in [1.82, 2.24) is 4.98 Å². The highest BCUT2D eigenvalue weighted by Gasteiger charge is 2.24. The van der Waals surface area contributed by atoms with Crippen LogP contribution in [0.15, 0.2) is 18.5 Å². The average molecular weight is 221 g/mol.